The average molecular weight is 234 g/mol. The molecule has 2 heterocycles. The van der Waals surface area contributed by atoms with E-state index in [1.165, 1.54) is 10.9 Å². The van der Waals surface area contributed by atoms with Crippen LogP contribution in [0.25, 0.3) is 0 Å². The number of H-pyrrole nitrogens is 1. The van der Waals surface area contributed by atoms with E-state index in [1.807, 2.05) is 6.07 Å². The highest BCUT2D eigenvalue weighted by Crippen LogP contribution is 2.07. The first kappa shape index (κ1) is 11.3. The number of rotatable bonds is 5. The first-order valence-electron chi connectivity index (χ1n) is 5.46. The number of nitrogens with one attached hydrogen (secondary N) is 2. The molecule has 1 amide bonds. The van der Waals surface area contributed by atoms with Crippen molar-refractivity contribution in [1.82, 2.24) is 25.2 Å². The zero-order valence-corrected chi connectivity index (χ0v) is 9.55. The van der Waals surface area contributed by atoms with Crippen molar-refractivity contribution in [2.75, 3.05) is 5.32 Å². The van der Waals surface area contributed by atoms with E-state index in [4.69, 9.17) is 0 Å². The number of aryl methyl sites for hydroxylation is 1. The molecule has 0 spiro atoms. The highest BCUT2D eigenvalue weighted by molar-refractivity contribution is 5.89. The van der Waals surface area contributed by atoms with Crippen molar-refractivity contribution in [3.05, 3.63) is 24.2 Å². The van der Waals surface area contributed by atoms with Gasteiger partial charge in [-0.15, -0.1) is 5.10 Å². The largest absolute Gasteiger partial charge is 0.308 e. The molecule has 90 valence electrons. The van der Waals surface area contributed by atoms with Gasteiger partial charge in [0, 0.05) is 18.0 Å². The highest BCUT2D eigenvalue weighted by Gasteiger charge is 2.06. The molecule has 0 aliphatic heterocycles. The van der Waals surface area contributed by atoms with Crippen LogP contribution in [-0.2, 0) is 17.8 Å². The van der Waals surface area contributed by atoms with Gasteiger partial charge in [0.2, 0.25) is 5.91 Å². The van der Waals surface area contributed by atoms with Crippen molar-refractivity contribution >= 4 is 11.7 Å². The van der Waals surface area contributed by atoms with E-state index < -0.39 is 0 Å². The summed E-state index contributed by atoms with van der Waals surface area (Å²) in [5, 5.41) is 16.9. The van der Waals surface area contributed by atoms with Crippen molar-refractivity contribution in [1.29, 1.82) is 0 Å². The SMILES string of the molecule is CCCc1cc(NC(=O)Cn2ccnn2)n[nH]1. The standard InChI is InChI=1S/C10H14N6O/c1-2-3-8-6-9(14-13-8)12-10(17)7-16-5-4-11-15-16/h4-6H,2-3,7H2,1H3,(H2,12,13,14,17). The van der Waals surface area contributed by atoms with Gasteiger partial charge in [-0.1, -0.05) is 18.6 Å². The van der Waals surface area contributed by atoms with Crippen LogP contribution in [0, 0.1) is 0 Å². The van der Waals surface area contributed by atoms with E-state index in [0.717, 1.165) is 18.5 Å². The Morgan fingerprint density at radius 1 is 1.59 bits per heavy atom. The maximum atomic E-state index is 11.6. The van der Waals surface area contributed by atoms with Gasteiger partial charge < -0.3 is 5.32 Å². The number of aromatic nitrogens is 5. The topological polar surface area (TPSA) is 88.5 Å². The Labute approximate surface area is 98.2 Å². The molecule has 0 fully saturated rings. The van der Waals surface area contributed by atoms with Crippen LogP contribution in [0.4, 0.5) is 5.82 Å². The van der Waals surface area contributed by atoms with E-state index in [9.17, 15) is 4.79 Å². The summed E-state index contributed by atoms with van der Waals surface area (Å²) in [5.74, 6) is 0.364. The Hall–Kier alpha value is -2.18. The summed E-state index contributed by atoms with van der Waals surface area (Å²) in [6.45, 7) is 2.22. The van der Waals surface area contributed by atoms with Crippen molar-refractivity contribution in [2.45, 2.75) is 26.3 Å². The monoisotopic (exact) mass is 234 g/mol. The Kier molecular flexibility index (Phi) is 3.49. The zero-order valence-electron chi connectivity index (χ0n) is 9.55. The molecule has 17 heavy (non-hydrogen) atoms. The van der Waals surface area contributed by atoms with E-state index in [0.29, 0.717) is 5.82 Å². The van der Waals surface area contributed by atoms with Gasteiger partial charge in [-0.3, -0.25) is 9.89 Å². The quantitative estimate of drug-likeness (QED) is 0.792. The minimum absolute atomic E-state index is 0.135. The second kappa shape index (κ2) is 5.24. The molecular formula is C10H14N6O. The third-order valence-corrected chi connectivity index (χ3v) is 2.20. The van der Waals surface area contributed by atoms with E-state index in [1.54, 1.807) is 6.20 Å². The molecule has 2 N–H and O–H groups in total. The Morgan fingerprint density at radius 2 is 2.47 bits per heavy atom. The number of amides is 1. The first-order chi connectivity index (χ1) is 8.28. The molecule has 7 heteroatoms. The molecule has 0 saturated heterocycles. The first-order valence-corrected chi connectivity index (χ1v) is 5.46. The molecule has 0 atom stereocenters. The lowest BCUT2D eigenvalue weighted by atomic mass is 10.2. The number of carbonyl (C=O) groups is 1. The highest BCUT2D eigenvalue weighted by atomic mass is 16.2. The van der Waals surface area contributed by atoms with E-state index >= 15 is 0 Å². The van der Waals surface area contributed by atoms with Crippen molar-refractivity contribution < 1.29 is 4.79 Å². The van der Waals surface area contributed by atoms with Crippen LogP contribution < -0.4 is 5.32 Å². The van der Waals surface area contributed by atoms with E-state index in [2.05, 4.69) is 32.7 Å². The van der Waals surface area contributed by atoms with Crippen LogP contribution >= 0.6 is 0 Å². The number of aromatic amines is 1. The minimum atomic E-state index is -0.176. The van der Waals surface area contributed by atoms with Crippen LogP contribution in [0.15, 0.2) is 18.5 Å². The van der Waals surface area contributed by atoms with Gasteiger partial charge in [0.15, 0.2) is 5.82 Å². The summed E-state index contributed by atoms with van der Waals surface area (Å²) in [5.41, 5.74) is 1.02. The van der Waals surface area contributed by atoms with Crippen LogP contribution in [0.3, 0.4) is 0 Å². The third kappa shape index (κ3) is 3.13. The lowest BCUT2D eigenvalue weighted by molar-refractivity contribution is -0.116. The average Bonchev–Trinajstić information content (AvgIpc) is 2.91. The Balaban J connectivity index is 1.89. The summed E-state index contributed by atoms with van der Waals surface area (Å²) < 4.78 is 1.45. The molecule has 0 radical (unpaired) electrons. The molecule has 2 aromatic heterocycles. The fourth-order valence-electron chi connectivity index (χ4n) is 1.47. The number of anilines is 1. The van der Waals surface area contributed by atoms with Gasteiger partial charge >= 0.3 is 0 Å². The van der Waals surface area contributed by atoms with Gasteiger partial charge in [0.25, 0.3) is 0 Å². The molecule has 2 rings (SSSR count). The number of hydrogen-bond acceptors (Lipinski definition) is 4. The number of hydrogen-bond donors (Lipinski definition) is 2. The van der Waals surface area contributed by atoms with Crippen molar-refractivity contribution in [3.8, 4) is 0 Å². The second-order valence-corrected chi connectivity index (χ2v) is 3.68. The molecule has 0 saturated carbocycles. The molecule has 0 aliphatic rings. The van der Waals surface area contributed by atoms with Gasteiger partial charge in [0.1, 0.15) is 6.54 Å². The van der Waals surface area contributed by atoms with Crippen molar-refractivity contribution in [2.24, 2.45) is 0 Å². The third-order valence-electron chi connectivity index (χ3n) is 2.20. The smallest absolute Gasteiger partial charge is 0.247 e. The molecular weight excluding hydrogens is 220 g/mol. The van der Waals surface area contributed by atoms with Gasteiger partial charge in [-0.2, -0.15) is 5.10 Å². The van der Waals surface area contributed by atoms with E-state index in [-0.39, 0.29) is 12.5 Å². The fourth-order valence-corrected chi connectivity index (χ4v) is 1.47. The summed E-state index contributed by atoms with van der Waals surface area (Å²) in [7, 11) is 0. The van der Waals surface area contributed by atoms with Gasteiger partial charge in [0.05, 0.1) is 6.20 Å². The maximum absolute atomic E-state index is 11.6. The number of carbonyl (C=O) groups excluding carboxylic acids is 1. The molecule has 7 nitrogen and oxygen atoms in total. The second-order valence-electron chi connectivity index (χ2n) is 3.68. The Morgan fingerprint density at radius 3 is 3.18 bits per heavy atom. The predicted molar refractivity (Wildman–Crippen MR) is 61.2 cm³/mol. The summed E-state index contributed by atoms with van der Waals surface area (Å²) >= 11 is 0. The molecule has 0 unspecified atom stereocenters. The minimum Gasteiger partial charge on any atom is -0.308 e. The molecule has 0 bridgehead atoms. The predicted octanol–water partition coefficient (Wildman–Crippen LogP) is 0.592. The van der Waals surface area contributed by atoms with Gasteiger partial charge in [-0.05, 0) is 6.42 Å². The van der Waals surface area contributed by atoms with Gasteiger partial charge in [-0.25, -0.2) is 4.68 Å². The fraction of sp³-hybridized carbons (Fsp3) is 0.400. The number of nitrogens with zero attached hydrogens (tertiary/aromatic N) is 4. The lowest BCUT2D eigenvalue weighted by Crippen LogP contribution is -2.19. The van der Waals surface area contributed by atoms with Crippen LogP contribution in [0.1, 0.15) is 19.0 Å². The molecule has 0 aliphatic carbocycles. The molecule has 0 aromatic carbocycles. The maximum Gasteiger partial charge on any atom is 0.247 e. The zero-order chi connectivity index (χ0) is 12.1. The lowest BCUT2D eigenvalue weighted by Gasteiger charge is -2.00. The van der Waals surface area contributed by atoms with Crippen LogP contribution in [0.5, 0.6) is 0 Å². The summed E-state index contributed by atoms with van der Waals surface area (Å²) in [6.07, 6.45) is 5.12. The normalized spacial score (nSPS) is 10.4. The molecule has 2 aromatic rings. The van der Waals surface area contributed by atoms with Crippen molar-refractivity contribution in [3.63, 3.8) is 0 Å². The Bertz CT molecular complexity index is 475. The van der Waals surface area contributed by atoms with Crippen LogP contribution in [-0.4, -0.2) is 31.1 Å². The van der Waals surface area contributed by atoms with Crippen LogP contribution in [0.2, 0.25) is 0 Å². The summed E-state index contributed by atoms with van der Waals surface area (Å²) in [6, 6.07) is 1.84. The summed E-state index contributed by atoms with van der Waals surface area (Å²) in [4.78, 5) is 11.6.